The second kappa shape index (κ2) is 9.19. The molecule has 6 nitrogen and oxygen atoms in total. The van der Waals surface area contributed by atoms with E-state index < -0.39 is 18.0 Å². The summed E-state index contributed by atoms with van der Waals surface area (Å²) in [5, 5.41) is 3.80. The van der Waals surface area contributed by atoms with E-state index in [2.05, 4.69) is 10.3 Å². The number of esters is 1. The molecule has 3 rings (SSSR count). The van der Waals surface area contributed by atoms with E-state index in [0.717, 1.165) is 22.2 Å². The maximum absolute atomic E-state index is 12.4. The van der Waals surface area contributed by atoms with Crippen molar-refractivity contribution in [3.63, 3.8) is 0 Å². The molecule has 0 aliphatic heterocycles. The fourth-order valence-corrected chi connectivity index (χ4v) is 2.94. The molecule has 0 aliphatic rings. The average Bonchev–Trinajstić information content (AvgIpc) is 2.72. The van der Waals surface area contributed by atoms with Crippen LogP contribution in [0.1, 0.15) is 24.6 Å². The predicted molar refractivity (Wildman–Crippen MR) is 112 cm³/mol. The number of nitrogens with one attached hydrogen (secondary N) is 1. The van der Waals surface area contributed by atoms with Crippen LogP contribution in [-0.4, -0.2) is 30.1 Å². The molecule has 1 heterocycles. The Bertz CT molecular complexity index is 1030. The zero-order valence-corrected chi connectivity index (χ0v) is 16.8. The summed E-state index contributed by atoms with van der Waals surface area (Å²) < 4.78 is 10.5. The van der Waals surface area contributed by atoms with Gasteiger partial charge in [0.2, 0.25) is 0 Å². The van der Waals surface area contributed by atoms with Crippen LogP contribution in [0.25, 0.3) is 10.9 Å². The summed E-state index contributed by atoms with van der Waals surface area (Å²) in [6.07, 6.45) is -0.322. The van der Waals surface area contributed by atoms with E-state index in [-0.39, 0.29) is 6.42 Å². The van der Waals surface area contributed by atoms with E-state index in [1.165, 1.54) is 7.11 Å². The summed E-state index contributed by atoms with van der Waals surface area (Å²) in [6.45, 7) is 3.46. The molecule has 1 aromatic heterocycles. The van der Waals surface area contributed by atoms with Crippen molar-refractivity contribution in [1.29, 1.82) is 0 Å². The van der Waals surface area contributed by atoms with Gasteiger partial charge >= 0.3 is 5.97 Å². The Labute approximate surface area is 169 Å². The molecule has 1 N–H and O–H groups in total. The van der Waals surface area contributed by atoms with Gasteiger partial charge in [0.25, 0.3) is 5.91 Å². The highest BCUT2D eigenvalue weighted by Crippen LogP contribution is 2.25. The molecule has 150 valence electrons. The van der Waals surface area contributed by atoms with Crippen LogP contribution in [0.15, 0.2) is 54.6 Å². The Morgan fingerprint density at radius 1 is 1.10 bits per heavy atom. The van der Waals surface area contributed by atoms with Gasteiger partial charge in [0.1, 0.15) is 5.75 Å². The van der Waals surface area contributed by atoms with E-state index in [1.807, 2.05) is 49.4 Å². The van der Waals surface area contributed by atoms with Crippen LogP contribution in [0.3, 0.4) is 0 Å². The van der Waals surface area contributed by atoms with Gasteiger partial charge in [-0.05, 0) is 43.7 Å². The lowest BCUT2D eigenvalue weighted by atomic mass is 10.1. The third-order valence-corrected chi connectivity index (χ3v) is 4.53. The first-order valence-electron chi connectivity index (χ1n) is 9.46. The number of hydrogen-bond donors (Lipinski definition) is 1. The molecule has 29 heavy (non-hydrogen) atoms. The maximum Gasteiger partial charge on any atom is 0.306 e. The molecule has 3 aromatic rings. The van der Waals surface area contributed by atoms with E-state index >= 15 is 0 Å². The highest BCUT2D eigenvalue weighted by atomic mass is 16.5. The number of fused-ring (bicyclic) bond motifs is 1. The lowest BCUT2D eigenvalue weighted by Gasteiger charge is -2.15. The van der Waals surface area contributed by atoms with Crippen LogP contribution in [0.2, 0.25) is 0 Å². The van der Waals surface area contributed by atoms with E-state index in [0.29, 0.717) is 17.9 Å². The minimum absolute atomic E-state index is 0.150. The number of nitrogens with zero attached hydrogens (tertiary/aromatic N) is 1. The van der Waals surface area contributed by atoms with Crippen molar-refractivity contribution in [1.82, 2.24) is 4.98 Å². The number of para-hydroxylation sites is 1. The topological polar surface area (TPSA) is 77.5 Å². The van der Waals surface area contributed by atoms with Crippen LogP contribution in [-0.2, 0) is 20.7 Å². The molecule has 1 amide bonds. The van der Waals surface area contributed by atoms with Crippen molar-refractivity contribution in [3.05, 3.63) is 65.9 Å². The molecule has 1 unspecified atom stereocenters. The SMILES string of the molecule is COc1ccc(C)cc1NC(=O)C(C)OC(=O)CCc1ccc2ccccc2n1. The minimum Gasteiger partial charge on any atom is -0.495 e. The van der Waals surface area contributed by atoms with Crippen molar-refractivity contribution in [2.75, 3.05) is 12.4 Å². The van der Waals surface area contributed by atoms with E-state index in [4.69, 9.17) is 9.47 Å². The van der Waals surface area contributed by atoms with Crippen molar-refractivity contribution in [2.24, 2.45) is 0 Å². The number of rotatable bonds is 7. The number of aromatic nitrogens is 1. The van der Waals surface area contributed by atoms with Gasteiger partial charge < -0.3 is 14.8 Å². The second-order valence-electron chi connectivity index (χ2n) is 6.82. The molecule has 0 aliphatic carbocycles. The van der Waals surface area contributed by atoms with Crippen LogP contribution < -0.4 is 10.1 Å². The molecule has 2 aromatic carbocycles. The molecule has 0 fully saturated rings. The van der Waals surface area contributed by atoms with Gasteiger partial charge in [-0.15, -0.1) is 0 Å². The number of carbonyl (C=O) groups excluding carboxylic acids is 2. The summed E-state index contributed by atoms with van der Waals surface area (Å²) in [4.78, 5) is 29.1. The van der Waals surface area contributed by atoms with E-state index in [1.54, 1.807) is 19.1 Å². The second-order valence-corrected chi connectivity index (χ2v) is 6.82. The summed E-state index contributed by atoms with van der Waals surface area (Å²) in [5.74, 6) is -0.310. The third kappa shape index (κ3) is 5.31. The smallest absolute Gasteiger partial charge is 0.306 e. The Balaban J connectivity index is 1.54. The van der Waals surface area contributed by atoms with Crippen LogP contribution >= 0.6 is 0 Å². The zero-order chi connectivity index (χ0) is 20.8. The van der Waals surface area contributed by atoms with Gasteiger partial charge in [-0.1, -0.05) is 30.3 Å². The van der Waals surface area contributed by atoms with Gasteiger partial charge in [0.15, 0.2) is 6.10 Å². The number of carbonyl (C=O) groups is 2. The number of ether oxygens (including phenoxy) is 2. The summed E-state index contributed by atoms with van der Waals surface area (Å²) in [7, 11) is 1.53. The summed E-state index contributed by atoms with van der Waals surface area (Å²) in [6, 6.07) is 17.2. The highest BCUT2D eigenvalue weighted by molar-refractivity contribution is 5.96. The zero-order valence-electron chi connectivity index (χ0n) is 16.8. The molecule has 6 heteroatoms. The van der Waals surface area contributed by atoms with E-state index in [9.17, 15) is 9.59 Å². The van der Waals surface area contributed by atoms with Gasteiger partial charge in [-0.2, -0.15) is 0 Å². The number of amides is 1. The molecule has 0 saturated heterocycles. The Kier molecular flexibility index (Phi) is 6.44. The monoisotopic (exact) mass is 392 g/mol. The van der Waals surface area contributed by atoms with Gasteiger partial charge in [0.05, 0.1) is 24.7 Å². The molecular weight excluding hydrogens is 368 g/mol. The predicted octanol–water partition coefficient (Wildman–Crippen LogP) is 4.05. The van der Waals surface area contributed by atoms with Crippen molar-refractivity contribution < 1.29 is 19.1 Å². The lowest BCUT2D eigenvalue weighted by molar-refractivity contribution is -0.153. The molecule has 0 spiro atoms. The lowest BCUT2D eigenvalue weighted by Crippen LogP contribution is -2.30. The number of methoxy groups -OCH3 is 1. The quantitative estimate of drug-likeness (QED) is 0.614. The summed E-state index contributed by atoms with van der Waals surface area (Å²) >= 11 is 0. The number of anilines is 1. The third-order valence-electron chi connectivity index (χ3n) is 4.53. The van der Waals surface area contributed by atoms with Gasteiger partial charge in [-0.3, -0.25) is 14.6 Å². The number of benzene rings is 2. The number of aryl methyl sites for hydroxylation is 2. The summed E-state index contributed by atoms with van der Waals surface area (Å²) in [5.41, 5.74) is 3.22. The fourth-order valence-electron chi connectivity index (χ4n) is 2.94. The first kappa shape index (κ1) is 20.3. The van der Waals surface area contributed by atoms with Crippen molar-refractivity contribution in [3.8, 4) is 5.75 Å². The standard InChI is InChI=1S/C23H24N2O4/c1-15-8-12-21(28-3)20(14-15)25-23(27)16(2)29-22(26)13-11-18-10-9-17-6-4-5-7-19(17)24-18/h4-10,12,14,16H,11,13H2,1-3H3,(H,25,27). The first-order chi connectivity index (χ1) is 14.0. The number of pyridine rings is 1. The Morgan fingerprint density at radius 2 is 1.90 bits per heavy atom. The van der Waals surface area contributed by atoms with Crippen molar-refractivity contribution >= 4 is 28.5 Å². The molecule has 1 atom stereocenters. The number of hydrogen-bond acceptors (Lipinski definition) is 5. The Morgan fingerprint density at radius 3 is 2.69 bits per heavy atom. The molecule has 0 bridgehead atoms. The van der Waals surface area contributed by atoms with Crippen LogP contribution in [0.4, 0.5) is 5.69 Å². The largest absolute Gasteiger partial charge is 0.495 e. The average molecular weight is 392 g/mol. The van der Waals surface area contributed by atoms with Crippen molar-refractivity contribution in [2.45, 2.75) is 32.8 Å². The molecule has 0 saturated carbocycles. The maximum atomic E-state index is 12.4. The minimum atomic E-state index is -0.919. The molecular formula is C23H24N2O4. The van der Waals surface area contributed by atoms with Crippen LogP contribution in [0, 0.1) is 6.92 Å². The van der Waals surface area contributed by atoms with Gasteiger partial charge in [-0.25, -0.2) is 0 Å². The van der Waals surface area contributed by atoms with Crippen LogP contribution in [0.5, 0.6) is 5.75 Å². The fraction of sp³-hybridized carbons (Fsp3) is 0.261. The Hall–Kier alpha value is -3.41. The molecule has 0 radical (unpaired) electrons. The first-order valence-corrected chi connectivity index (χ1v) is 9.46. The normalized spacial score (nSPS) is 11.7. The highest BCUT2D eigenvalue weighted by Gasteiger charge is 2.19. The van der Waals surface area contributed by atoms with Gasteiger partial charge in [0, 0.05) is 17.5 Å².